The van der Waals surface area contributed by atoms with Gasteiger partial charge in [0.15, 0.2) is 5.57 Å². The quantitative estimate of drug-likeness (QED) is 0.313. The molecule has 2 aromatic rings. The molecule has 5 nitrogen and oxygen atoms in total. The molecule has 0 saturated heterocycles. The molecule has 0 unspecified atom stereocenters. The highest BCUT2D eigenvalue weighted by atomic mass is 19.4. The third kappa shape index (κ3) is 5.14. The van der Waals surface area contributed by atoms with Crippen molar-refractivity contribution in [3.63, 3.8) is 0 Å². The minimum absolute atomic E-state index is 0.173. The molecular formula is C20H15F3N2O3. The summed E-state index contributed by atoms with van der Waals surface area (Å²) in [6.07, 6.45) is -4.42. The zero-order chi connectivity index (χ0) is 20.9. The number of hydrogen-bond donors (Lipinski definition) is 2. The van der Waals surface area contributed by atoms with E-state index in [4.69, 9.17) is 10.00 Å². The highest BCUT2D eigenvalue weighted by Crippen LogP contribution is 2.31. The molecule has 28 heavy (non-hydrogen) atoms. The number of aliphatic hydroxyl groups excluding tert-OH is 1. The lowest BCUT2D eigenvalue weighted by molar-refractivity contribution is -0.137. The van der Waals surface area contributed by atoms with E-state index in [9.17, 15) is 23.1 Å². The first kappa shape index (κ1) is 20.6. The van der Waals surface area contributed by atoms with Gasteiger partial charge in [0.25, 0.3) is 5.91 Å². The number of ether oxygens (including phenoxy) is 1. The molecule has 0 saturated carbocycles. The summed E-state index contributed by atoms with van der Waals surface area (Å²) in [5.41, 5.74) is -0.756. The third-order valence-corrected chi connectivity index (χ3v) is 3.51. The van der Waals surface area contributed by atoms with E-state index < -0.39 is 29.0 Å². The molecule has 2 aromatic carbocycles. The number of hydrogen-bond acceptors (Lipinski definition) is 4. The van der Waals surface area contributed by atoms with E-state index in [0.29, 0.717) is 11.4 Å². The SMILES string of the molecule is C=C(C)C(O)=C(C#N)C(=O)Nc1ccc(Oc2ccc(C(F)(F)F)cc2)cc1. The van der Waals surface area contributed by atoms with Crippen molar-refractivity contribution in [1.82, 2.24) is 0 Å². The van der Waals surface area contributed by atoms with E-state index in [1.165, 1.54) is 43.3 Å². The molecule has 2 N–H and O–H groups in total. The van der Waals surface area contributed by atoms with E-state index in [1.807, 2.05) is 0 Å². The predicted molar refractivity (Wildman–Crippen MR) is 96.7 cm³/mol. The highest BCUT2D eigenvalue weighted by molar-refractivity contribution is 6.07. The van der Waals surface area contributed by atoms with Crippen LogP contribution in [-0.4, -0.2) is 11.0 Å². The first-order chi connectivity index (χ1) is 13.1. The number of nitrogens with zero attached hydrogens (tertiary/aromatic N) is 1. The number of benzene rings is 2. The molecule has 0 aliphatic heterocycles. The Morgan fingerprint density at radius 3 is 2.04 bits per heavy atom. The Labute approximate surface area is 159 Å². The number of nitrogens with one attached hydrogen (secondary N) is 1. The Morgan fingerprint density at radius 2 is 1.61 bits per heavy atom. The van der Waals surface area contributed by atoms with Gasteiger partial charge in [0.05, 0.1) is 5.56 Å². The molecule has 1 amide bonds. The number of carbonyl (C=O) groups is 1. The van der Waals surface area contributed by atoms with Crippen LogP contribution >= 0.6 is 0 Å². The Bertz CT molecular complexity index is 954. The summed E-state index contributed by atoms with van der Waals surface area (Å²) in [6.45, 7) is 4.92. The van der Waals surface area contributed by atoms with Crippen LogP contribution < -0.4 is 10.1 Å². The number of halogens is 3. The molecule has 0 aromatic heterocycles. The maximum atomic E-state index is 12.6. The standard InChI is InChI=1S/C20H15F3N2O3/c1-12(2)18(26)17(11-24)19(27)25-14-5-9-16(10-6-14)28-15-7-3-13(4-8-15)20(21,22)23/h3-10,26H,1H2,2H3,(H,25,27). The molecule has 0 spiro atoms. The predicted octanol–water partition coefficient (Wildman–Crippen LogP) is 5.35. The third-order valence-electron chi connectivity index (χ3n) is 3.51. The molecule has 144 valence electrons. The van der Waals surface area contributed by atoms with Crippen molar-refractivity contribution in [3.05, 3.63) is 77.6 Å². The van der Waals surface area contributed by atoms with E-state index in [2.05, 4.69) is 11.9 Å². The second kappa shape index (κ2) is 8.31. The van der Waals surface area contributed by atoms with Crippen LogP contribution in [0.1, 0.15) is 12.5 Å². The summed E-state index contributed by atoms with van der Waals surface area (Å²) < 4.78 is 43.1. The van der Waals surface area contributed by atoms with Crippen molar-refractivity contribution >= 4 is 11.6 Å². The van der Waals surface area contributed by atoms with Crippen LogP contribution in [0.3, 0.4) is 0 Å². The summed E-state index contributed by atoms with van der Waals surface area (Å²) in [7, 11) is 0. The average Bonchev–Trinajstić information content (AvgIpc) is 2.63. The van der Waals surface area contributed by atoms with Gasteiger partial charge in [-0.25, -0.2) is 0 Å². The van der Waals surface area contributed by atoms with E-state index in [0.717, 1.165) is 12.1 Å². The van der Waals surface area contributed by atoms with Gasteiger partial charge in [-0.2, -0.15) is 18.4 Å². The van der Waals surface area contributed by atoms with Crippen molar-refractivity contribution < 1.29 is 27.8 Å². The van der Waals surface area contributed by atoms with Crippen LogP contribution in [-0.2, 0) is 11.0 Å². The van der Waals surface area contributed by atoms with Crippen molar-refractivity contribution in [3.8, 4) is 17.6 Å². The normalized spacial score (nSPS) is 11.8. The molecule has 2 rings (SSSR count). The second-order valence-corrected chi connectivity index (χ2v) is 5.72. The molecule has 0 fully saturated rings. The summed E-state index contributed by atoms with van der Waals surface area (Å²) in [5.74, 6) is -0.758. The number of carbonyl (C=O) groups excluding carboxylic acids is 1. The number of nitriles is 1. The van der Waals surface area contributed by atoms with Gasteiger partial charge in [-0.15, -0.1) is 0 Å². The summed E-state index contributed by atoms with van der Waals surface area (Å²) in [4.78, 5) is 12.1. The van der Waals surface area contributed by atoms with E-state index in [1.54, 1.807) is 6.07 Å². The van der Waals surface area contributed by atoms with Crippen molar-refractivity contribution in [2.24, 2.45) is 0 Å². The maximum Gasteiger partial charge on any atom is 0.416 e. The van der Waals surface area contributed by atoms with Crippen molar-refractivity contribution in [2.45, 2.75) is 13.1 Å². The lowest BCUT2D eigenvalue weighted by Crippen LogP contribution is -2.15. The van der Waals surface area contributed by atoms with Crippen LogP contribution in [0.25, 0.3) is 0 Å². The summed E-state index contributed by atoms with van der Waals surface area (Å²) >= 11 is 0. The molecule has 0 bridgehead atoms. The molecule has 0 atom stereocenters. The van der Waals surface area contributed by atoms with Crippen LogP contribution in [0.5, 0.6) is 11.5 Å². The lowest BCUT2D eigenvalue weighted by Gasteiger charge is -2.10. The maximum absolute atomic E-state index is 12.6. The number of amides is 1. The van der Waals surface area contributed by atoms with Crippen molar-refractivity contribution in [2.75, 3.05) is 5.32 Å². The van der Waals surface area contributed by atoms with Crippen molar-refractivity contribution in [1.29, 1.82) is 5.26 Å². The molecule has 0 heterocycles. The van der Waals surface area contributed by atoms with Gasteiger partial charge >= 0.3 is 6.18 Å². The lowest BCUT2D eigenvalue weighted by atomic mass is 10.1. The Hall–Kier alpha value is -3.73. The van der Waals surface area contributed by atoms with Crippen LogP contribution in [0.4, 0.5) is 18.9 Å². The fraction of sp³-hybridized carbons (Fsp3) is 0.100. The average molecular weight is 388 g/mol. The van der Waals surface area contributed by atoms with E-state index in [-0.39, 0.29) is 11.3 Å². The smallest absolute Gasteiger partial charge is 0.416 e. The van der Waals surface area contributed by atoms with Gasteiger partial charge in [0.1, 0.15) is 23.3 Å². The van der Waals surface area contributed by atoms with Gasteiger partial charge in [-0.1, -0.05) is 6.58 Å². The number of aliphatic hydroxyl groups is 1. The second-order valence-electron chi connectivity index (χ2n) is 5.72. The van der Waals surface area contributed by atoms with Crippen LogP contribution in [0.15, 0.2) is 72.0 Å². The minimum atomic E-state index is -4.42. The topological polar surface area (TPSA) is 82.3 Å². The molecule has 0 radical (unpaired) electrons. The fourth-order valence-electron chi connectivity index (χ4n) is 2.07. The van der Waals surface area contributed by atoms with E-state index >= 15 is 0 Å². The highest BCUT2D eigenvalue weighted by Gasteiger charge is 2.30. The Kier molecular flexibility index (Phi) is 6.11. The summed E-state index contributed by atoms with van der Waals surface area (Å²) in [6, 6.07) is 11.8. The Morgan fingerprint density at radius 1 is 1.11 bits per heavy atom. The Balaban J connectivity index is 2.08. The fourth-order valence-corrected chi connectivity index (χ4v) is 2.07. The summed E-state index contributed by atoms with van der Waals surface area (Å²) in [5, 5.41) is 21.2. The number of rotatable bonds is 5. The minimum Gasteiger partial charge on any atom is -0.506 e. The molecule has 0 aliphatic rings. The largest absolute Gasteiger partial charge is 0.506 e. The zero-order valence-electron chi connectivity index (χ0n) is 14.7. The number of alkyl halides is 3. The molecular weight excluding hydrogens is 373 g/mol. The number of allylic oxidation sites excluding steroid dienone is 1. The van der Waals surface area contributed by atoms with Crippen LogP contribution in [0.2, 0.25) is 0 Å². The first-order valence-electron chi connectivity index (χ1n) is 7.87. The van der Waals surface area contributed by atoms with Gasteiger partial charge < -0.3 is 15.2 Å². The van der Waals surface area contributed by atoms with Gasteiger partial charge in [0, 0.05) is 5.69 Å². The van der Waals surface area contributed by atoms with Crippen LogP contribution in [0, 0.1) is 11.3 Å². The molecule has 8 heteroatoms. The zero-order valence-corrected chi connectivity index (χ0v) is 14.7. The van der Waals surface area contributed by atoms with Gasteiger partial charge in [-0.3, -0.25) is 4.79 Å². The van der Waals surface area contributed by atoms with Gasteiger partial charge in [-0.05, 0) is 61.0 Å². The van der Waals surface area contributed by atoms with Gasteiger partial charge in [0.2, 0.25) is 0 Å². The monoisotopic (exact) mass is 388 g/mol. The number of anilines is 1. The first-order valence-corrected chi connectivity index (χ1v) is 7.87. The molecule has 0 aliphatic carbocycles.